The van der Waals surface area contributed by atoms with Crippen LogP contribution in [-0.4, -0.2) is 28.4 Å². The van der Waals surface area contributed by atoms with Gasteiger partial charge in [0.05, 0.1) is 0 Å². The molecule has 3 N–H and O–H groups in total. The number of hydrogen-bond donors (Lipinski definition) is 2. The Bertz CT molecular complexity index is 161. The maximum absolute atomic E-state index is 11.5. The summed E-state index contributed by atoms with van der Waals surface area (Å²) in [7, 11) is 0. The van der Waals surface area contributed by atoms with Gasteiger partial charge in [0.1, 0.15) is 6.04 Å². The van der Waals surface area contributed by atoms with E-state index in [9.17, 15) is 18.0 Å². The van der Waals surface area contributed by atoms with Crippen molar-refractivity contribution in [3.05, 3.63) is 0 Å². The first-order valence-corrected chi connectivity index (χ1v) is 4.00. The lowest BCUT2D eigenvalue weighted by atomic mass is 10.2. The monoisotopic (exact) mass is 203 g/mol. The maximum atomic E-state index is 11.5. The van der Waals surface area contributed by atoms with Gasteiger partial charge in [0.15, 0.2) is 0 Å². The van der Waals surface area contributed by atoms with Crippen molar-refractivity contribution < 1.29 is 23.1 Å². The van der Waals surface area contributed by atoms with E-state index in [4.69, 9.17) is 10.8 Å². The van der Waals surface area contributed by atoms with Gasteiger partial charge >= 0.3 is 11.5 Å². The summed E-state index contributed by atoms with van der Waals surface area (Å²) in [5.74, 6) is -1.60. The fourth-order valence-corrected chi connectivity index (χ4v) is 1.03. The smallest absolute Gasteiger partial charge is 0.441 e. The molecule has 72 valence electrons. The number of halogens is 3. The van der Waals surface area contributed by atoms with Crippen LogP contribution in [-0.2, 0) is 4.79 Å². The van der Waals surface area contributed by atoms with Gasteiger partial charge in [0, 0.05) is 5.75 Å². The molecule has 0 amide bonds. The van der Waals surface area contributed by atoms with Gasteiger partial charge in [-0.15, -0.1) is 0 Å². The lowest BCUT2D eigenvalue weighted by Gasteiger charge is -2.07. The Labute approximate surface area is 71.1 Å². The molecule has 0 radical (unpaired) electrons. The Morgan fingerprint density at radius 1 is 1.58 bits per heavy atom. The van der Waals surface area contributed by atoms with Gasteiger partial charge in [-0.3, -0.25) is 4.79 Å². The summed E-state index contributed by atoms with van der Waals surface area (Å²) in [5.41, 5.74) is 0.658. The number of carboxylic acid groups (broad SMARTS) is 1. The van der Waals surface area contributed by atoms with Gasteiger partial charge in [-0.2, -0.15) is 13.2 Å². The molecule has 7 heteroatoms. The predicted octanol–water partition coefficient (Wildman–Crippen LogP) is 1.04. The standard InChI is InChI=1S/C5H8F3NO2S/c6-5(7,8)12-2-1-3(9)4(10)11/h3H,1-2,9H2,(H,10,11)/t3-/m0/s1. The molecule has 0 aliphatic heterocycles. The molecule has 0 fully saturated rings. The summed E-state index contributed by atoms with van der Waals surface area (Å²) >= 11 is -0.264. The van der Waals surface area contributed by atoms with Crippen LogP contribution in [0.1, 0.15) is 6.42 Å². The van der Waals surface area contributed by atoms with Crippen molar-refractivity contribution in [2.75, 3.05) is 5.75 Å². The third kappa shape index (κ3) is 6.29. The summed E-state index contributed by atoms with van der Waals surface area (Å²) in [6.07, 6.45) is -0.181. The molecule has 0 bridgehead atoms. The first-order valence-electron chi connectivity index (χ1n) is 3.02. The zero-order chi connectivity index (χ0) is 9.78. The molecule has 0 rings (SSSR count). The van der Waals surface area contributed by atoms with E-state index in [-0.39, 0.29) is 23.9 Å². The van der Waals surface area contributed by atoms with E-state index in [1.54, 1.807) is 0 Å². The molecule has 0 unspecified atom stereocenters. The molecule has 0 saturated carbocycles. The van der Waals surface area contributed by atoms with E-state index in [0.29, 0.717) is 0 Å². The maximum Gasteiger partial charge on any atom is 0.441 e. The summed E-state index contributed by atoms with van der Waals surface area (Å²) in [5, 5.41) is 8.20. The van der Waals surface area contributed by atoms with Crippen LogP contribution in [0.2, 0.25) is 0 Å². The molecule has 0 spiro atoms. The van der Waals surface area contributed by atoms with Crippen molar-refractivity contribution in [1.29, 1.82) is 0 Å². The molecule has 0 heterocycles. The molecular formula is C5H8F3NO2S. The first-order chi connectivity index (χ1) is 5.33. The number of rotatable bonds is 4. The highest BCUT2D eigenvalue weighted by Gasteiger charge is 2.28. The molecule has 0 aromatic carbocycles. The Morgan fingerprint density at radius 2 is 2.08 bits per heavy atom. The zero-order valence-electron chi connectivity index (χ0n) is 5.97. The minimum absolute atomic E-state index is 0.181. The van der Waals surface area contributed by atoms with Gasteiger partial charge in [0.25, 0.3) is 0 Å². The lowest BCUT2D eigenvalue weighted by molar-refractivity contribution is -0.138. The molecule has 3 nitrogen and oxygen atoms in total. The van der Waals surface area contributed by atoms with E-state index in [1.807, 2.05) is 0 Å². The summed E-state index contributed by atoms with van der Waals surface area (Å²) < 4.78 is 34.4. The second kappa shape index (κ2) is 4.56. The van der Waals surface area contributed by atoms with Crippen LogP contribution >= 0.6 is 11.8 Å². The Morgan fingerprint density at radius 3 is 2.42 bits per heavy atom. The number of thioether (sulfide) groups is 1. The van der Waals surface area contributed by atoms with Crippen molar-refractivity contribution in [2.45, 2.75) is 18.0 Å². The molecule has 0 saturated heterocycles. The van der Waals surface area contributed by atoms with Crippen molar-refractivity contribution in [2.24, 2.45) is 5.73 Å². The van der Waals surface area contributed by atoms with Crippen LogP contribution in [0.5, 0.6) is 0 Å². The third-order valence-electron chi connectivity index (χ3n) is 1.01. The number of aliphatic carboxylic acids is 1. The minimum Gasteiger partial charge on any atom is -0.480 e. The van der Waals surface area contributed by atoms with Gasteiger partial charge < -0.3 is 10.8 Å². The highest BCUT2D eigenvalue weighted by molar-refractivity contribution is 8.00. The van der Waals surface area contributed by atoms with Crippen molar-refractivity contribution in [3.63, 3.8) is 0 Å². The average molecular weight is 203 g/mol. The van der Waals surface area contributed by atoms with E-state index in [0.717, 1.165) is 0 Å². The van der Waals surface area contributed by atoms with Crippen LogP contribution in [0.25, 0.3) is 0 Å². The van der Waals surface area contributed by atoms with Gasteiger partial charge in [0.2, 0.25) is 0 Å². The van der Waals surface area contributed by atoms with Crippen LogP contribution in [0.4, 0.5) is 13.2 Å². The Kier molecular flexibility index (Phi) is 4.40. The summed E-state index contributed by atoms with van der Waals surface area (Å²) in [6.45, 7) is 0. The number of nitrogens with two attached hydrogens (primary N) is 1. The second-order valence-electron chi connectivity index (χ2n) is 2.03. The molecule has 1 atom stereocenters. The molecule has 0 aromatic rings. The molecule has 0 aromatic heterocycles. The molecule has 0 aliphatic rings. The van der Waals surface area contributed by atoms with Crippen molar-refractivity contribution in [1.82, 2.24) is 0 Å². The number of alkyl halides is 3. The van der Waals surface area contributed by atoms with E-state index >= 15 is 0 Å². The van der Waals surface area contributed by atoms with E-state index in [2.05, 4.69) is 0 Å². The topological polar surface area (TPSA) is 63.3 Å². The minimum atomic E-state index is -4.31. The van der Waals surface area contributed by atoms with Crippen LogP contribution < -0.4 is 5.73 Å². The van der Waals surface area contributed by atoms with Crippen molar-refractivity contribution >= 4 is 17.7 Å². The van der Waals surface area contributed by atoms with E-state index < -0.39 is 17.5 Å². The summed E-state index contributed by atoms with van der Waals surface area (Å²) in [4.78, 5) is 10.0. The quantitative estimate of drug-likeness (QED) is 0.716. The molecule has 0 aliphatic carbocycles. The number of carbonyl (C=O) groups is 1. The number of hydrogen-bond acceptors (Lipinski definition) is 3. The fraction of sp³-hybridized carbons (Fsp3) is 0.800. The van der Waals surface area contributed by atoms with Crippen LogP contribution in [0, 0.1) is 0 Å². The van der Waals surface area contributed by atoms with Crippen molar-refractivity contribution in [3.8, 4) is 0 Å². The Balaban J connectivity index is 3.51. The van der Waals surface area contributed by atoms with E-state index in [1.165, 1.54) is 0 Å². The largest absolute Gasteiger partial charge is 0.480 e. The highest BCUT2D eigenvalue weighted by atomic mass is 32.2. The molecule has 12 heavy (non-hydrogen) atoms. The lowest BCUT2D eigenvalue weighted by Crippen LogP contribution is -2.30. The highest BCUT2D eigenvalue weighted by Crippen LogP contribution is 2.30. The normalized spacial score (nSPS) is 14.3. The fourth-order valence-electron chi connectivity index (χ4n) is 0.425. The first kappa shape index (κ1) is 11.6. The second-order valence-corrected chi connectivity index (χ2v) is 3.19. The average Bonchev–Trinajstić information content (AvgIpc) is 1.84. The van der Waals surface area contributed by atoms with Crippen LogP contribution in [0.15, 0.2) is 0 Å². The van der Waals surface area contributed by atoms with Gasteiger partial charge in [-0.25, -0.2) is 0 Å². The van der Waals surface area contributed by atoms with Gasteiger partial charge in [-0.1, -0.05) is 11.8 Å². The SMILES string of the molecule is N[C@@H](CCSC(F)(F)F)C(=O)O. The zero-order valence-corrected chi connectivity index (χ0v) is 6.78. The predicted molar refractivity (Wildman–Crippen MR) is 38.7 cm³/mol. The van der Waals surface area contributed by atoms with Crippen LogP contribution in [0.3, 0.4) is 0 Å². The Hall–Kier alpha value is -0.430. The number of carboxylic acids is 1. The molecular weight excluding hydrogens is 195 g/mol. The third-order valence-corrected chi connectivity index (χ3v) is 1.78. The summed E-state index contributed by atoms with van der Waals surface area (Å²) in [6, 6.07) is -1.21. The van der Waals surface area contributed by atoms with Gasteiger partial charge in [-0.05, 0) is 6.42 Å².